The number of aromatic carboxylic acids is 1. The van der Waals surface area contributed by atoms with Crippen LogP contribution in [0.2, 0.25) is 0 Å². The van der Waals surface area contributed by atoms with Crippen molar-refractivity contribution in [1.82, 2.24) is 14.9 Å². The summed E-state index contributed by atoms with van der Waals surface area (Å²) in [5.41, 5.74) is 1.85. The van der Waals surface area contributed by atoms with Crippen LogP contribution in [0.25, 0.3) is 11.3 Å². The minimum Gasteiger partial charge on any atom is -0.478 e. The van der Waals surface area contributed by atoms with Crippen molar-refractivity contribution < 1.29 is 14.3 Å². The molecule has 1 N–H and O–H groups in total. The van der Waals surface area contributed by atoms with Gasteiger partial charge in [-0.25, -0.2) is 14.8 Å². The zero-order chi connectivity index (χ0) is 19.5. The van der Waals surface area contributed by atoms with Gasteiger partial charge >= 0.3 is 5.97 Å². The number of hydrogen-bond donors (Lipinski definition) is 1. The highest BCUT2D eigenvalue weighted by atomic mass is 16.4. The van der Waals surface area contributed by atoms with E-state index in [1.807, 2.05) is 37.4 Å². The van der Waals surface area contributed by atoms with Crippen molar-refractivity contribution in [2.24, 2.45) is 0 Å². The highest BCUT2D eigenvalue weighted by Gasteiger charge is 2.24. The number of benzene rings is 1. The molecule has 4 rings (SSSR count). The van der Waals surface area contributed by atoms with Gasteiger partial charge in [-0.1, -0.05) is 18.2 Å². The Hall–Kier alpha value is -2.99. The number of carboxylic acid groups (broad SMARTS) is 1. The molecule has 0 spiro atoms. The maximum absolute atomic E-state index is 11.5. The lowest BCUT2D eigenvalue weighted by atomic mass is 9.97. The summed E-state index contributed by atoms with van der Waals surface area (Å²) in [7, 11) is 0. The van der Waals surface area contributed by atoms with Gasteiger partial charge in [-0.05, 0) is 50.6 Å². The number of likely N-dealkylation sites (tertiary alicyclic amines) is 1. The molecule has 1 aromatic carbocycles. The zero-order valence-corrected chi connectivity index (χ0v) is 15.8. The Kier molecular flexibility index (Phi) is 5.21. The third kappa shape index (κ3) is 3.97. The molecule has 0 unspecified atom stereocenters. The fourth-order valence-corrected chi connectivity index (χ4v) is 3.79. The molecule has 6 nitrogen and oxygen atoms in total. The van der Waals surface area contributed by atoms with E-state index in [0.717, 1.165) is 43.2 Å². The van der Waals surface area contributed by atoms with Crippen molar-refractivity contribution >= 4 is 5.97 Å². The minimum atomic E-state index is -0.953. The van der Waals surface area contributed by atoms with E-state index in [1.165, 1.54) is 0 Å². The van der Waals surface area contributed by atoms with Gasteiger partial charge in [0.2, 0.25) is 0 Å². The van der Waals surface area contributed by atoms with E-state index in [-0.39, 0.29) is 5.56 Å². The topological polar surface area (TPSA) is 79.5 Å². The van der Waals surface area contributed by atoms with E-state index in [9.17, 15) is 9.90 Å². The maximum atomic E-state index is 11.5. The number of carboxylic acids is 1. The molecule has 1 saturated heterocycles. The van der Waals surface area contributed by atoms with Gasteiger partial charge in [0, 0.05) is 29.9 Å². The smallest absolute Gasteiger partial charge is 0.336 e. The molecule has 3 heterocycles. The van der Waals surface area contributed by atoms with Gasteiger partial charge in [0.1, 0.15) is 17.3 Å². The summed E-state index contributed by atoms with van der Waals surface area (Å²) in [6, 6.07) is 12.6. The Morgan fingerprint density at radius 1 is 1.25 bits per heavy atom. The lowest BCUT2D eigenvalue weighted by Gasteiger charge is -2.31. The van der Waals surface area contributed by atoms with E-state index in [0.29, 0.717) is 23.8 Å². The quantitative estimate of drug-likeness (QED) is 0.720. The largest absolute Gasteiger partial charge is 0.478 e. The monoisotopic (exact) mass is 377 g/mol. The molecule has 1 fully saturated rings. The summed E-state index contributed by atoms with van der Waals surface area (Å²) in [5.74, 6) is 1.71. The van der Waals surface area contributed by atoms with Crippen LogP contribution in [0, 0.1) is 6.92 Å². The van der Waals surface area contributed by atoms with E-state index in [4.69, 9.17) is 4.42 Å². The molecule has 28 heavy (non-hydrogen) atoms. The average Bonchev–Trinajstić information content (AvgIpc) is 3.16. The van der Waals surface area contributed by atoms with Crippen LogP contribution in [-0.4, -0.2) is 39.0 Å². The van der Waals surface area contributed by atoms with Crippen molar-refractivity contribution in [3.8, 4) is 11.3 Å². The first kappa shape index (κ1) is 18.4. The third-order valence-corrected chi connectivity index (χ3v) is 5.15. The Balaban J connectivity index is 1.48. The van der Waals surface area contributed by atoms with Crippen LogP contribution in [-0.2, 0) is 6.54 Å². The number of aryl methyl sites for hydroxylation is 1. The fourth-order valence-electron chi connectivity index (χ4n) is 3.79. The number of aromatic nitrogens is 2. The van der Waals surface area contributed by atoms with Gasteiger partial charge in [0.05, 0.1) is 12.1 Å². The molecule has 0 radical (unpaired) electrons. The van der Waals surface area contributed by atoms with Crippen LogP contribution in [0.15, 0.2) is 53.1 Å². The standard InChI is InChI=1S/C22H23N3O3/c1-15-10-11-23-21(24-15)16-5-4-12-25(13-16)14-17-8-9-20(28-17)18-6-2-3-7-19(18)22(26)27/h2-3,6-11,16H,4-5,12-14H2,1H3,(H,26,27)/t16-/m1/s1. The normalized spacial score (nSPS) is 17.5. The zero-order valence-electron chi connectivity index (χ0n) is 15.8. The lowest BCUT2D eigenvalue weighted by Crippen LogP contribution is -2.34. The van der Waals surface area contributed by atoms with Crippen LogP contribution in [0.1, 0.15) is 46.4 Å². The summed E-state index contributed by atoms with van der Waals surface area (Å²) in [6.07, 6.45) is 4.02. The van der Waals surface area contributed by atoms with Crippen molar-refractivity contribution in [2.75, 3.05) is 13.1 Å². The van der Waals surface area contributed by atoms with Crippen LogP contribution >= 0.6 is 0 Å². The Morgan fingerprint density at radius 3 is 2.93 bits per heavy atom. The molecule has 1 atom stereocenters. The summed E-state index contributed by atoms with van der Waals surface area (Å²) >= 11 is 0. The number of rotatable bonds is 5. The van der Waals surface area contributed by atoms with Gasteiger partial charge < -0.3 is 9.52 Å². The average molecular weight is 377 g/mol. The minimum absolute atomic E-state index is 0.248. The predicted molar refractivity (Wildman–Crippen MR) is 105 cm³/mol. The molecule has 6 heteroatoms. The summed E-state index contributed by atoms with van der Waals surface area (Å²) in [5, 5.41) is 9.39. The van der Waals surface area contributed by atoms with E-state index in [2.05, 4.69) is 14.9 Å². The van der Waals surface area contributed by atoms with Gasteiger partial charge in [0.25, 0.3) is 0 Å². The SMILES string of the molecule is Cc1ccnc([C@@H]2CCCN(Cc3ccc(-c4ccccc4C(=O)O)o3)C2)n1. The second-order valence-corrected chi connectivity index (χ2v) is 7.25. The van der Waals surface area contributed by atoms with Crippen molar-refractivity contribution in [3.05, 3.63) is 71.5 Å². The highest BCUT2D eigenvalue weighted by molar-refractivity contribution is 5.95. The van der Waals surface area contributed by atoms with Gasteiger partial charge in [-0.15, -0.1) is 0 Å². The molecule has 2 aromatic heterocycles. The molecule has 0 aliphatic carbocycles. The number of piperidine rings is 1. The Bertz CT molecular complexity index is 982. The molecule has 144 valence electrons. The molecular formula is C22H23N3O3. The molecule has 1 aliphatic rings. The van der Waals surface area contributed by atoms with Crippen LogP contribution in [0.3, 0.4) is 0 Å². The Labute approximate surface area is 163 Å². The van der Waals surface area contributed by atoms with Crippen molar-refractivity contribution in [3.63, 3.8) is 0 Å². The number of carbonyl (C=O) groups is 1. The lowest BCUT2D eigenvalue weighted by molar-refractivity contribution is 0.0697. The first-order chi connectivity index (χ1) is 13.6. The molecular weight excluding hydrogens is 354 g/mol. The van der Waals surface area contributed by atoms with Gasteiger partial charge in [-0.3, -0.25) is 4.90 Å². The maximum Gasteiger partial charge on any atom is 0.336 e. The van der Waals surface area contributed by atoms with Crippen LogP contribution < -0.4 is 0 Å². The molecule has 3 aromatic rings. The third-order valence-electron chi connectivity index (χ3n) is 5.15. The van der Waals surface area contributed by atoms with E-state index >= 15 is 0 Å². The summed E-state index contributed by atoms with van der Waals surface area (Å²) in [6.45, 7) is 4.58. The summed E-state index contributed by atoms with van der Waals surface area (Å²) < 4.78 is 5.99. The first-order valence-corrected chi connectivity index (χ1v) is 9.53. The second-order valence-electron chi connectivity index (χ2n) is 7.25. The van der Waals surface area contributed by atoms with Crippen LogP contribution in [0.4, 0.5) is 0 Å². The molecule has 0 amide bonds. The van der Waals surface area contributed by atoms with E-state index < -0.39 is 5.97 Å². The highest BCUT2D eigenvalue weighted by Crippen LogP contribution is 2.29. The summed E-state index contributed by atoms with van der Waals surface area (Å²) in [4.78, 5) is 22.9. The van der Waals surface area contributed by atoms with Crippen LogP contribution in [0.5, 0.6) is 0 Å². The number of nitrogens with zero attached hydrogens (tertiary/aromatic N) is 3. The first-order valence-electron chi connectivity index (χ1n) is 9.53. The number of hydrogen-bond acceptors (Lipinski definition) is 5. The molecule has 1 aliphatic heterocycles. The molecule has 0 saturated carbocycles. The van der Waals surface area contributed by atoms with Crippen molar-refractivity contribution in [1.29, 1.82) is 0 Å². The number of furan rings is 1. The van der Waals surface area contributed by atoms with Gasteiger partial charge in [-0.2, -0.15) is 0 Å². The fraction of sp³-hybridized carbons (Fsp3) is 0.318. The second kappa shape index (κ2) is 7.94. The van der Waals surface area contributed by atoms with E-state index in [1.54, 1.807) is 18.2 Å². The predicted octanol–water partition coefficient (Wildman–Crippen LogP) is 4.12. The van der Waals surface area contributed by atoms with Crippen molar-refractivity contribution in [2.45, 2.75) is 32.2 Å². The Morgan fingerprint density at radius 2 is 2.11 bits per heavy atom. The molecule has 0 bridgehead atoms. The van der Waals surface area contributed by atoms with Gasteiger partial charge in [0.15, 0.2) is 0 Å².